The van der Waals surface area contributed by atoms with Crippen LogP contribution >= 0.6 is 11.6 Å². The Balaban J connectivity index is 2.24. The van der Waals surface area contributed by atoms with Crippen LogP contribution in [0.4, 0.5) is 0 Å². The van der Waals surface area contributed by atoms with E-state index in [9.17, 15) is 4.79 Å². The molecule has 3 aromatic rings. The second kappa shape index (κ2) is 5.54. The summed E-state index contributed by atoms with van der Waals surface area (Å²) in [6.45, 7) is 2.41. The lowest BCUT2D eigenvalue weighted by Crippen LogP contribution is -2.23. The number of rotatable bonds is 3. The first-order valence-electron chi connectivity index (χ1n) is 6.58. The van der Waals surface area contributed by atoms with Crippen molar-refractivity contribution < 1.29 is 4.79 Å². The van der Waals surface area contributed by atoms with Gasteiger partial charge in [0.1, 0.15) is 0 Å². The molecule has 2 aromatic heterocycles. The SMILES string of the molecule is CCNC(=O)c1nn2cccnc2c1-c1ccc(Cl)cc1. The second-order valence-electron chi connectivity index (χ2n) is 4.48. The van der Waals surface area contributed by atoms with E-state index in [-0.39, 0.29) is 5.91 Å². The Morgan fingerprint density at radius 1 is 1.33 bits per heavy atom. The van der Waals surface area contributed by atoms with Crippen molar-refractivity contribution in [2.24, 2.45) is 0 Å². The fraction of sp³-hybridized carbons (Fsp3) is 0.133. The summed E-state index contributed by atoms with van der Waals surface area (Å²) in [6, 6.07) is 9.05. The van der Waals surface area contributed by atoms with E-state index in [4.69, 9.17) is 11.6 Å². The van der Waals surface area contributed by atoms with Crippen molar-refractivity contribution in [1.82, 2.24) is 19.9 Å². The molecule has 6 heteroatoms. The molecule has 5 nitrogen and oxygen atoms in total. The van der Waals surface area contributed by atoms with Crippen LogP contribution in [-0.4, -0.2) is 27.0 Å². The van der Waals surface area contributed by atoms with Crippen LogP contribution in [0.3, 0.4) is 0 Å². The van der Waals surface area contributed by atoms with Crippen LogP contribution in [0.2, 0.25) is 5.02 Å². The summed E-state index contributed by atoms with van der Waals surface area (Å²) in [5.74, 6) is -0.215. The molecule has 0 radical (unpaired) electrons. The minimum absolute atomic E-state index is 0.215. The number of benzene rings is 1. The highest BCUT2D eigenvalue weighted by molar-refractivity contribution is 6.30. The molecule has 0 aliphatic carbocycles. The predicted molar refractivity (Wildman–Crippen MR) is 81.4 cm³/mol. The van der Waals surface area contributed by atoms with Gasteiger partial charge in [-0.15, -0.1) is 0 Å². The lowest BCUT2D eigenvalue weighted by molar-refractivity contribution is 0.0951. The van der Waals surface area contributed by atoms with E-state index in [1.807, 2.05) is 19.1 Å². The molecule has 3 rings (SSSR count). The zero-order valence-electron chi connectivity index (χ0n) is 11.4. The van der Waals surface area contributed by atoms with Gasteiger partial charge in [0.25, 0.3) is 5.91 Å². The lowest BCUT2D eigenvalue weighted by Gasteiger charge is -2.03. The van der Waals surface area contributed by atoms with Gasteiger partial charge < -0.3 is 5.32 Å². The van der Waals surface area contributed by atoms with Crippen molar-refractivity contribution in [3.05, 3.63) is 53.4 Å². The number of amides is 1. The van der Waals surface area contributed by atoms with E-state index in [0.717, 1.165) is 5.56 Å². The molecule has 0 saturated heterocycles. The molecular formula is C15H13ClN4O. The molecule has 1 amide bonds. The Hall–Kier alpha value is -2.40. The Bertz CT molecular complexity index is 795. The van der Waals surface area contributed by atoms with Crippen LogP contribution in [0.15, 0.2) is 42.7 Å². The molecule has 1 N–H and O–H groups in total. The Morgan fingerprint density at radius 2 is 2.10 bits per heavy atom. The average molecular weight is 301 g/mol. The van der Waals surface area contributed by atoms with Crippen molar-refractivity contribution in [3.63, 3.8) is 0 Å². The smallest absolute Gasteiger partial charge is 0.272 e. The first-order chi connectivity index (χ1) is 10.2. The third kappa shape index (κ3) is 2.48. The standard InChI is InChI=1S/C15H13ClN4O/c1-2-17-15(21)13-12(10-4-6-11(16)7-5-10)14-18-8-3-9-20(14)19-13/h3-9H,2H2,1H3,(H,17,21). The van der Waals surface area contributed by atoms with E-state index in [0.29, 0.717) is 28.5 Å². The highest BCUT2D eigenvalue weighted by Gasteiger charge is 2.20. The van der Waals surface area contributed by atoms with Gasteiger partial charge in [-0.3, -0.25) is 4.79 Å². The van der Waals surface area contributed by atoms with Crippen LogP contribution in [0.1, 0.15) is 17.4 Å². The number of carbonyl (C=O) groups excluding carboxylic acids is 1. The third-order valence-electron chi connectivity index (χ3n) is 3.08. The highest BCUT2D eigenvalue weighted by Crippen LogP contribution is 2.28. The second-order valence-corrected chi connectivity index (χ2v) is 4.91. The van der Waals surface area contributed by atoms with Gasteiger partial charge in [-0.2, -0.15) is 5.10 Å². The van der Waals surface area contributed by atoms with Gasteiger partial charge in [-0.25, -0.2) is 9.50 Å². The number of fused-ring (bicyclic) bond motifs is 1. The molecule has 1 aromatic carbocycles. The van der Waals surface area contributed by atoms with Crippen molar-refractivity contribution in [3.8, 4) is 11.1 Å². The van der Waals surface area contributed by atoms with Gasteiger partial charge in [0.2, 0.25) is 0 Å². The number of halogens is 1. The fourth-order valence-corrected chi connectivity index (χ4v) is 2.30. The van der Waals surface area contributed by atoms with Crippen molar-refractivity contribution in [2.45, 2.75) is 6.92 Å². The Labute approximate surface area is 126 Å². The summed E-state index contributed by atoms with van der Waals surface area (Å²) in [7, 11) is 0. The quantitative estimate of drug-likeness (QED) is 0.809. The van der Waals surface area contributed by atoms with Crippen LogP contribution in [0.25, 0.3) is 16.8 Å². The van der Waals surface area contributed by atoms with Gasteiger partial charge >= 0.3 is 0 Å². The molecule has 0 aliphatic heterocycles. The Kier molecular flexibility index (Phi) is 3.58. The van der Waals surface area contributed by atoms with Gasteiger partial charge in [0, 0.05) is 24.0 Å². The third-order valence-corrected chi connectivity index (χ3v) is 3.33. The number of aromatic nitrogens is 3. The van der Waals surface area contributed by atoms with Crippen molar-refractivity contribution in [1.29, 1.82) is 0 Å². The van der Waals surface area contributed by atoms with Crippen LogP contribution in [-0.2, 0) is 0 Å². The lowest BCUT2D eigenvalue weighted by atomic mass is 10.1. The van der Waals surface area contributed by atoms with E-state index in [2.05, 4.69) is 15.4 Å². The van der Waals surface area contributed by atoms with Gasteiger partial charge in [-0.1, -0.05) is 23.7 Å². The molecule has 0 fully saturated rings. The molecular weight excluding hydrogens is 288 g/mol. The topological polar surface area (TPSA) is 59.3 Å². The van der Waals surface area contributed by atoms with Gasteiger partial charge in [-0.05, 0) is 30.7 Å². The number of hydrogen-bond acceptors (Lipinski definition) is 3. The summed E-state index contributed by atoms with van der Waals surface area (Å²) in [6.07, 6.45) is 3.45. The Morgan fingerprint density at radius 3 is 2.81 bits per heavy atom. The van der Waals surface area contributed by atoms with E-state index in [1.54, 1.807) is 35.1 Å². The van der Waals surface area contributed by atoms with Crippen molar-refractivity contribution in [2.75, 3.05) is 6.54 Å². The van der Waals surface area contributed by atoms with E-state index >= 15 is 0 Å². The maximum atomic E-state index is 12.2. The summed E-state index contributed by atoms with van der Waals surface area (Å²) in [5, 5.41) is 7.76. The minimum Gasteiger partial charge on any atom is -0.351 e. The van der Waals surface area contributed by atoms with Crippen LogP contribution in [0.5, 0.6) is 0 Å². The first kappa shape index (κ1) is 13.6. The highest BCUT2D eigenvalue weighted by atomic mass is 35.5. The zero-order chi connectivity index (χ0) is 14.8. The number of nitrogens with zero attached hydrogens (tertiary/aromatic N) is 3. The molecule has 0 unspecified atom stereocenters. The number of nitrogens with one attached hydrogen (secondary N) is 1. The minimum atomic E-state index is -0.215. The largest absolute Gasteiger partial charge is 0.351 e. The first-order valence-corrected chi connectivity index (χ1v) is 6.96. The summed E-state index contributed by atoms with van der Waals surface area (Å²) < 4.78 is 1.61. The van der Waals surface area contributed by atoms with E-state index < -0.39 is 0 Å². The fourth-order valence-electron chi connectivity index (χ4n) is 2.17. The maximum Gasteiger partial charge on any atom is 0.272 e. The van der Waals surface area contributed by atoms with Crippen molar-refractivity contribution >= 4 is 23.2 Å². The molecule has 0 saturated carbocycles. The zero-order valence-corrected chi connectivity index (χ0v) is 12.1. The molecule has 0 bridgehead atoms. The normalized spacial score (nSPS) is 10.8. The van der Waals surface area contributed by atoms with Crippen LogP contribution in [0, 0.1) is 0 Å². The van der Waals surface area contributed by atoms with Crippen LogP contribution < -0.4 is 5.32 Å². The number of carbonyl (C=O) groups is 1. The van der Waals surface area contributed by atoms with E-state index in [1.165, 1.54) is 0 Å². The van der Waals surface area contributed by atoms with Gasteiger partial charge in [0.05, 0.1) is 5.56 Å². The summed E-state index contributed by atoms with van der Waals surface area (Å²) in [5.41, 5.74) is 2.56. The molecule has 0 spiro atoms. The average Bonchev–Trinajstić information content (AvgIpc) is 2.88. The molecule has 0 aliphatic rings. The predicted octanol–water partition coefficient (Wildman–Crippen LogP) is 2.80. The summed E-state index contributed by atoms with van der Waals surface area (Å²) >= 11 is 5.93. The number of hydrogen-bond donors (Lipinski definition) is 1. The molecule has 2 heterocycles. The van der Waals surface area contributed by atoms with Gasteiger partial charge in [0.15, 0.2) is 11.3 Å². The molecule has 106 valence electrons. The monoisotopic (exact) mass is 300 g/mol. The molecule has 0 atom stereocenters. The maximum absolute atomic E-state index is 12.2. The molecule has 21 heavy (non-hydrogen) atoms. The summed E-state index contributed by atoms with van der Waals surface area (Å²) in [4.78, 5) is 16.6.